The van der Waals surface area contributed by atoms with Crippen LogP contribution in [-0.4, -0.2) is 44.5 Å². The maximum atomic E-state index is 12.7. The molecule has 0 aromatic rings. The van der Waals surface area contributed by atoms with Gasteiger partial charge >= 0.3 is 0 Å². The van der Waals surface area contributed by atoms with Gasteiger partial charge in [-0.2, -0.15) is 0 Å². The molecule has 0 radical (unpaired) electrons. The Bertz CT molecular complexity index is 99.7. The largest absolute Gasteiger partial charge is 0.378 e. The standard InChI is InChI=1S/C6H13FN2O/c1-8-4-6-5-10-3-2-9(6)7/h6,8H,2-5H2,1H3. The summed E-state index contributed by atoms with van der Waals surface area (Å²) in [4.78, 5) is 0. The molecule has 4 heteroatoms. The molecule has 0 aromatic carbocycles. The van der Waals surface area contributed by atoms with Gasteiger partial charge in [0.15, 0.2) is 0 Å². The SMILES string of the molecule is CNCC1COCCN1F. The van der Waals surface area contributed by atoms with Gasteiger partial charge in [0.1, 0.15) is 0 Å². The first kappa shape index (κ1) is 7.91. The second-order valence-electron chi connectivity index (χ2n) is 2.41. The predicted molar refractivity (Wildman–Crippen MR) is 36.3 cm³/mol. The van der Waals surface area contributed by atoms with Crippen LogP contribution in [0, 0.1) is 0 Å². The summed E-state index contributed by atoms with van der Waals surface area (Å²) in [5.74, 6) is 0. The fraction of sp³-hybridized carbons (Fsp3) is 1.00. The Morgan fingerprint density at radius 2 is 2.60 bits per heavy atom. The van der Waals surface area contributed by atoms with Gasteiger partial charge in [-0.15, -0.1) is 9.60 Å². The summed E-state index contributed by atoms with van der Waals surface area (Å²) in [6.45, 7) is 2.05. The summed E-state index contributed by atoms with van der Waals surface area (Å²) in [6, 6.07) is -0.0984. The number of nitrogens with one attached hydrogen (secondary N) is 1. The summed E-state index contributed by atoms with van der Waals surface area (Å²) in [6.07, 6.45) is 0. The number of morpholine rings is 1. The van der Waals surface area contributed by atoms with Gasteiger partial charge in [-0.05, 0) is 7.05 Å². The first-order chi connectivity index (χ1) is 4.84. The maximum Gasteiger partial charge on any atom is 0.0761 e. The zero-order chi connectivity index (χ0) is 7.40. The number of rotatable bonds is 2. The third-order valence-electron chi connectivity index (χ3n) is 1.60. The van der Waals surface area contributed by atoms with Crippen LogP contribution in [0.25, 0.3) is 0 Å². The van der Waals surface area contributed by atoms with Crippen LogP contribution in [0.1, 0.15) is 0 Å². The van der Waals surface area contributed by atoms with E-state index in [0.29, 0.717) is 26.3 Å². The zero-order valence-electron chi connectivity index (χ0n) is 6.14. The highest BCUT2D eigenvalue weighted by Gasteiger charge is 2.21. The Labute approximate surface area is 60.1 Å². The van der Waals surface area contributed by atoms with E-state index in [1.165, 1.54) is 0 Å². The third-order valence-corrected chi connectivity index (χ3v) is 1.60. The van der Waals surface area contributed by atoms with Gasteiger partial charge in [0, 0.05) is 6.54 Å². The minimum absolute atomic E-state index is 0.0984. The molecule has 1 heterocycles. The number of likely N-dealkylation sites (N-methyl/N-ethyl adjacent to an activating group) is 1. The topological polar surface area (TPSA) is 24.5 Å². The first-order valence-electron chi connectivity index (χ1n) is 3.49. The number of nitrogens with zero attached hydrogens (tertiary/aromatic N) is 1. The molecule has 0 spiro atoms. The first-order valence-corrected chi connectivity index (χ1v) is 3.49. The minimum Gasteiger partial charge on any atom is -0.378 e. The molecule has 0 aliphatic carbocycles. The van der Waals surface area contributed by atoms with Crippen molar-refractivity contribution in [3.05, 3.63) is 0 Å². The molecule has 1 rings (SSSR count). The van der Waals surface area contributed by atoms with E-state index in [0.717, 1.165) is 5.12 Å². The van der Waals surface area contributed by atoms with E-state index in [1.807, 2.05) is 7.05 Å². The van der Waals surface area contributed by atoms with Crippen molar-refractivity contribution in [2.75, 3.05) is 33.4 Å². The highest BCUT2D eigenvalue weighted by Crippen LogP contribution is 2.05. The van der Waals surface area contributed by atoms with Crippen molar-refractivity contribution < 1.29 is 9.22 Å². The third kappa shape index (κ3) is 1.90. The van der Waals surface area contributed by atoms with Crippen LogP contribution >= 0.6 is 0 Å². The highest BCUT2D eigenvalue weighted by molar-refractivity contribution is 4.70. The lowest BCUT2D eigenvalue weighted by molar-refractivity contribution is -0.108. The molecule has 1 atom stereocenters. The number of hydrogen-bond donors (Lipinski definition) is 1. The molecule has 1 aliphatic rings. The lowest BCUT2D eigenvalue weighted by Gasteiger charge is -2.27. The van der Waals surface area contributed by atoms with E-state index >= 15 is 0 Å². The Morgan fingerprint density at radius 1 is 1.80 bits per heavy atom. The van der Waals surface area contributed by atoms with Gasteiger partial charge in [-0.3, -0.25) is 0 Å². The van der Waals surface area contributed by atoms with E-state index in [4.69, 9.17) is 4.74 Å². The van der Waals surface area contributed by atoms with E-state index < -0.39 is 0 Å². The van der Waals surface area contributed by atoms with Crippen molar-refractivity contribution >= 4 is 0 Å². The van der Waals surface area contributed by atoms with E-state index in [-0.39, 0.29) is 6.04 Å². The van der Waals surface area contributed by atoms with Crippen molar-refractivity contribution in [3.63, 3.8) is 0 Å². The van der Waals surface area contributed by atoms with Crippen LogP contribution in [0.3, 0.4) is 0 Å². The van der Waals surface area contributed by atoms with Crippen LogP contribution in [0.2, 0.25) is 0 Å². The van der Waals surface area contributed by atoms with Crippen molar-refractivity contribution in [2.24, 2.45) is 0 Å². The van der Waals surface area contributed by atoms with Gasteiger partial charge in [0.25, 0.3) is 0 Å². The predicted octanol–water partition coefficient (Wildman–Crippen LogP) is -0.209. The Kier molecular flexibility index (Phi) is 3.05. The molecule has 0 saturated carbocycles. The normalized spacial score (nSPS) is 28.8. The quantitative estimate of drug-likeness (QED) is 0.548. The lowest BCUT2D eigenvalue weighted by Crippen LogP contribution is -2.45. The molecule has 10 heavy (non-hydrogen) atoms. The molecule has 0 aromatic heterocycles. The summed E-state index contributed by atoms with van der Waals surface area (Å²) >= 11 is 0. The summed E-state index contributed by atoms with van der Waals surface area (Å²) in [5, 5.41) is 3.74. The monoisotopic (exact) mass is 148 g/mol. The average Bonchev–Trinajstić information content (AvgIpc) is 1.94. The van der Waals surface area contributed by atoms with Crippen molar-refractivity contribution in [3.8, 4) is 0 Å². The van der Waals surface area contributed by atoms with Gasteiger partial charge < -0.3 is 10.1 Å². The van der Waals surface area contributed by atoms with Crippen molar-refractivity contribution in [1.82, 2.24) is 10.4 Å². The van der Waals surface area contributed by atoms with Crippen molar-refractivity contribution in [2.45, 2.75) is 6.04 Å². The van der Waals surface area contributed by atoms with E-state index in [9.17, 15) is 4.48 Å². The highest BCUT2D eigenvalue weighted by atomic mass is 19.2. The van der Waals surface area contributed by atoms with E-state index in [2.05, 4.69) is 5.32 Å². The molecule has 3 nitrogen and oxygen atoms in total. The maximum absolute atomic E-state index is 12.7. The summed E-state index contributed by atoms with van der Waals surface area (Å²) < 4.78 is 17.8. The van der Waals surface area contributed by atoms with Gasteiger partial charge in [0.2, 0.25) is 0 Å². The minimum atomic E-state index is -0.0984. The molecule has 60 valence electrons. The summed E-state index contributed by atoms with van der Waals surface area (Å²) in [7, 11) is 1.81. The second-order valence-corrected chi connectivity index (χ2v) is 2.41. The van der Waals surface area contributed by atoms with Crippen LogP contribution in [-0.2, 0) is 4.74 Å². The molecule has 1 unspecified atom stereocenters. The van der Waals surface area contributed by atoms with Crippen LogP contribution < -0.4 is 5.32 Å². The second kappa shape index (κ2) is 3.85. The number of ether oxygens (including phenoxy) is 1. The molecule has 1 saturated heterocycles. The van der Waals surface area contributed by atoms with Crippen LogP contribution in [0.4, 0.5) is 4.48 Å². The Hall–Kier alpha value is -0.190. The van der Waals surface area contributed by atoms with Gasteiger partial charge in [0.05, 0.1) is 25.8 Å². The van der Waals surface area contributed by atoms with Gasteiger partial charge in [-0.1, -0.05) is 0 Å². The molecule has 1 N–H and O–H groups in total. The number of halogens is 1. The Balaban J connectivity index is 2.25. The summed E-state index contributed by atoms with van der Waals surface area (Å²) in [5.41, 5.74) is 0. The smallest absolute Gasteiger partial charge is 0.0761 e. The van der Waals surface area contributed by atoms with Crippen LogP contribution in [0.5, 0.6) is 0 Å². The lowest BCUT2D eigenvalue weighted by atomic mass is 10.3. The molecule has 1 aliphatic heterocycles. The average molecular weight is 148 g/mol. The van der Waals surface area contributed by atoms with Gasteiger partial charge in [-0.25, -0.2) is 0 Å². The van der Waals surface area contributed by atoms with Crippen LogP contribution in [0.15, 0.2) is 0 Å². The zero-order valence-corrected chi connectivity index (χ0v) is 6.14. The molecular formula is C6H13FN2O. The fourth-order valence-corrected chi connectivity index (χ4v) is 1.03. The Morgan fingerprint density at radius 3 is 3.20 bits per heavy atom. The van der Waals surface area contributed by atoms with E-state index in [1.54, 1.807) is 0 Å². The molecular weight excluding hydrogens is 135 g/mol. The molecule has 1 fully saturated rings. The molecule has 0 amide bonds. The fourth-order valence-electron chi connectivity index (χ4n) is 1.03. The van der Waals surface area contributed by atoms with Crippen molar-refractivity contribution in [1.29, 1.82) is 0 Å². The molecule has 0 bridgehead atoms. The number of hydrogen-bond acceptors (Lipinski definition) is 3.